The average Bonchev–Trinajstić information content (AvgIpc) is 2.49. The van der Waals surface area contributed by atoms with E-state index >= 15 is 0 Å². The van der Waals surface area contributed by atoms with Crippen LogP contribution in [0.1, 0.15) is 23.5 Å². The first kappa shape index (κ1) is 11.0. The molecule has 4 heteroatoms. The summed E-state index contributed by atoms with van der Waals surface area (Å²) in [6.45, 7) is 3.84. The van der Waals surface area contributed by atoms with Gasteiger partial charge in [-0.1, -0.05) is 0 Å². The summed E-state index contributed by atoms with van der Waals surface area (Å²) in [6.07, 6.45) is 2.59. The molecule has 1 saturated carbocycles. The van der Waals surface area contributed by atoms with Crippen LogP contribution >= 0.6 is 11.3 Å². The minimum atomic E-state index is 0.678. The number of hydrogen-bond acceptors (Lipinski definition) is 4. The van der Waals surface area contributed by atoms with Gasteiger partial charge >= 0.3 is 0 Å². The smallest absolute Gasteiger partial charge is 0.0897 e. The second-order valence-corrected chi connectivity index (χ2v) is 5.48. The van der Waals surface area contributed by atoms with Crippen molar-refractivity contribution in [1.29, 1.82) is 0 Å². The first-order valence-electron chi connectivity index (χ1n) is 5.52. The fourth-order valence-electron chi connectivity index (χ4n) is 2.26. The zero-order chi connectivity index (χ0) is 10.8. The Morgan fingerprint density at radius 3 is 2.87 bits per heavy atom. The summed E-state index contributed by atoms with van der Waals surface area (Å²) in [6, 6.07) is 0.678. The van der Waals surface area contributed by atoms with Crippen LogP contribution in [0.25, 0.3) is 0 Å². The van der Waals surface area contributed by atoms with E-state index in [0.717, 1.165) is 18.1 Å². The van der Waals surface area contributed by atoms with Crippen molar-refractivity contribution in [1.82, 2.24) is 9.88 Å². The number of hydrogen-bond donors (Lipinski definition) is 1. The number of nitrogens with zero attached hydrogens (tertiary/aromatic N) is 2. The topological polar surface area (TPSA) is 42.2 Å². The van der Waals surface area contributed by atoms with Gasteiger partial charge in [0.1, 0.15) is 0 Å². The zero-order valence-electron chi connectivity index (χ0n) is 9.44. The molecule has 1 heterocycles. The highest BCUT2D eigenvalue weighted by atomic mass is 32.1. The van der Waals surface area contributed by atoms with Gasteiger partial charge in [0.25, 0.3) is 0 Å². The van der Waals surface area contributed by atoms with Crippen LogP contribution < -0.4 is 5.73 Å². The van der Waals surface area contributed by atoms with Gasteiger partial charge in [0, 0.05) is 18.0 Å². The van der Waals surface area contributed by atoms with E-state index in [1.807, 2.05) is 0 Å². The lowest BCUT2D eigenvalue weighted by Crippen LogP contribution is -2.47. The molecule has 1 aliphatic carbocycles. The molecule has 1 aromatic rings. The van der Waals surface area contributed by atoms with Crippen LogP contribution in [0.4, 0.5) is 0 Å². The van der Waals surface area contributed by atoms with E-state index < -0.39 is 0 Å². The Kier molecular flexibility index (Phi) is 3.38. The molecule has 0 amide bonds. The molecule has 0 bridgehead atoms. The fraction of sp³-hybridized carbons (Fsp3) is 0.727. The molecule has 84 valence electrons. The third-order valence-corrected chi connectivity index (χ3v) is 4.15. The van der Waals surface area contributed by atoms with E-state index in [2.05, 4.69) is 29.2 Å². The third kappa shape index (κ3) is 2.38. The highest BCUT2D eigenvalue weighted by Gasteiger charge is 2.32. The van der Waals surface area contributed by atoms with Crippen LogP contribution in [0.3, 0.4) is 0 Å². The second-order valence-electron chi connectivity index (χ2n) is 4.41. The molecule has 2 rings (SSSR count). The van der Waals surface area contributed by atoms with Crippen molar-refractivity contribution in [3.05, 3.63) is 16.1 Å². The first-order chi connectivity index (χ1) is 7.20. The van der Waals surface area contributed by atoms with Gasteiger partial charge in [-0.25, -0.2) is 4.98 Å². The van der Waals surface area contributed by atoms with Crippen molar-refractivity contribution in [2.75, 3.05) is 13.6 Å². The molecule has 15 heavy (non-hydrogen) atoms. The van der Waals surface area contributed by atoms with Crippen molar-refractivity contribution in [3.8, 4) is 0 Å². The Bertz CT molecular complexity index is 321. The lowest BCUT2D eigenvalue weighted by Gasteiger charge is -2.42. The Morgan fingerprint density at radius 1 is 1.60 bits per heavy atom. The zero-order valence-corrected chi connectivity index (χ0v) is 10.3. The summed E-state index contributed by atoms with van der Waals surface area (Å²) >= 11 is 1.73. The van der Waals surface area contributed by atoms with Crippen LogP contribution in [0.15, 0.2) is 5.38 Å². The second kappa shape index (κ2) is 4.60. The molecule has 3 nitrogen and oxygen atoms in total. The van der Waals surface area contributed by atoms with E-state index in [-0.39, 0.29) is 0 Å². The Labute approximate surface area is 95.3 Å². The molecule has 0 saturated heterocycles. The van der Waals surface area contributed by atoms with Gasteiger partial charge in [-0.3, -0.25) is 4.90 Å². The minimum Gasteiger partial charge on any atom is -0.330 e. The van der Waals surface area contributed by atoms with E-state index in [0.29, 0.717) is 12.0 Å². The highest BCUT2D eigenvalue weighted by molar-refractivity contribution is 7.09. The number of thiazole rings is 1. The molecule has 2 atom stereocenters. The Morgan fingerprint density at radius 2 is 2.40 bits per heavy atom. The summed E-state index contributed by atoms with van der Waals surface area (Å²) in [5.41, 5.74) is 6.92. The molecule has 0 aromatic carbocycles. The molecule has 1 aromatic heterocycles. The Balaban J connectivity index is 1.89. The van der Waals surface area contributed by atoms with Crippen LogP contribution in [-0.4, -0.2) is 29.5 Å². The molecule has 0 aliphatic heterocycles. The maximum atomic E-state index is 5.72. The van der Waals surface area contributed by atoms with Crippen LogP contribution in [0.5, 0.6) is 0 Å². The summed E-state index contributed by atoms with van der Waals surface area (Å²) in [4.78, 5) is 6.89. The number of aromatic nitrogens is 1. The first-order valence-corrected chi connectivity index (χ1v) is 6.40. The van der Waals surface area contributed by atoms with Gasteiger partial charge in [0.15, 0.2) is 0 Å². The predicted octanol–water partition coefficient (Wildman–Crippen LogP) is 1.62. The van der Waals surface area contributed by atoms with Gasteiger partial charge in [0.2, 0.25) is 0 Å². The molecule has 2 N–H and O–H groups in total. The Hall–Kier alpha value is -0.450. The lowest BCUT2D eigenvalue weighted by atomic mass is 9.79. The van der Waals surface area contributed by atoms with Crippen molar-refractivity contribution < 1.29 is 0 Å². The van der Waals surface area contributed by atoms with Crippen molar-refractivity contribution in [2.24, 2.45) is 11.7 Å². The molecule has 1 aliphatic rings. The molecular formula is C11H19N3S. The van der Waals surface area contributed by atoms with Crippen LogP contribution in [-0.2, 0) is 6.54 Å². The van der Waals surface area contributed by atoms with Gasteiger partial charge < -0.3 is 5.73 Å². The fourth-order valence-corrected chi connectivity index (χ4v) is 2.86. The minimum absolute atomic E-state index is 0.678. The standard InChI is InChI=1S/C11H19N3S/c1-8-13-10(7-15-8)6-14(2)11-4-3-9(11)5-12/h7,9,11H,3-6,12H2,1-2H3. The molecule has 2 unspecified atom stereocenters. The monoisotopic (exact) mass is 225 g/mol. The van der Waals surface area contributed by atoms with Crippen molar-refractivity contribution in [2.45, 2.75) is 32.4 Å². The molecular weight excluding hydrogens is 206 g/mol. The molecule has 0 spiro atoms. The van der Waals surface area contributed by atoms with E-state index in [9.17, 15) is 0 Å². The quantitative estimate of drug-likeness (QED) is 0.846. The summed E-state index contributed by atoms with van der Waals surface area (Å²) in [5, 5.41) is 3.31. The normalized spacial score (nSPS) is 25.6. The maximum Gasteiger partial charge on any atom is 0.0897 e. The average molecular weight is 225 g/mol. The number of rotatable bonds is 4. The predicted molar refractivity (Wildman–Crippen MR) is 63.9 cm³/mol. The van der Waals surface area contributed by atoms with Crippen LogP contribution in [0, 0.1) is 12.8 Å². The van der Waals surface area contributed by atoms with Gasteiger partial charge in [0.05, 0.1) is 10.7 Å². The molecule has 1 fully saturated rings. The summed E-state index contributed by atoms with van der Waals surface area (Å²) in [5.74, 6) is 0.703. The van der Waals surface area contributed by atoms with Crippen LogP contribution in [0.2, 0.25) is 0 Å². The highest BCUT2D eigenvalue weighted by Crippen LogP contribution is 2.31. The van der Waals surface area contributed by atoms with E-state index in [1.54, 1.807) is 11.3 Å². The summed E-state index contributed by atoms with van der Waals surface area (Å²) in [7, 11) is 2.18. The number of nitrogens with two attached hydrogens (primary N) is 1. The van der Waals surface area contributed by atoms with Gasteiger partial charge in [-0.2, -0.15) is 0 Å². The maximum absolute atomic E-state index is 5.72. The van der Waals surface area contributed by atoms with E-state index in [4.69, 9.17) is 5.73 Å². The van der Waals surface area contributed by atoms with E-state index in [1.165, 1.54) is 18.5 Å². The summed E-state index contributed by atoms with van der Waals surface area (Å²) < 4.78 is 0. The SMILES string of the molecule is Cc1nc(CN(C)C2CCC2CN)cs1. The van der Waals surface area contributed by atoms with Crippen molar-refractivity contribution in [3.63, 3.8) is 0 Å². The van der Waals surface area contributed by atoms with Crippen molar-refractivity contribution >= 4 is 11.3 Å². The van der Waals surface area contributed by atoms with Gasteiger partial charge in [-0.05, 0) is 39.3 Å². The lowest BCUT2D eigenvalue weighted by molar-refractivity contribution is 0.0829. The largest absolute Gasteiger partial charge is 0.330 e. The third-order valence-electron chi connectivity index (χ3n) is 3.32. The number of aryl methyl sites for hydroxylation is 1. The van der Waals surface area contributed by atoms with Gasteiger partial charge in [-0.15, -0.1) is 11.3 Å². The molecule has 0 radical (unpaired) electrons.